The second-order valence-electron chi connectivity index (χ2n) is 13.1. The molecule has 0 radical (unpaired) electrons. The Morgan fingerprint density at radius 2 is 0.981 bits per heavy atom. The normalized spacial score (nSPS) is 11.9. The number of benzene rings is 8. The van der Waals surface area contributed by atoms with Gasteiger partial charge in [0.25, 0.3) is 0 Å². The zero-order chi connectivity index (χ0) is 35.0. The molecule has 2 nitrogen and oxygen atoms in total. The van der Waals surface area contributed by atoms with Crippen molar-refractivity contribution in [2.24, 2.45) is 0 Å². The van der Waals surface area contributed by atoms with Gasteiger partial charge in [0.2, 0.25) is 0 Å². The summed E-state index contributed by atoms with van der Waals surface area (Å²) < 4.78 is 6.28. The predicted octanol–water partition coefficient (Wildman–Crippen LogP) is 12.3. The van der Waals surface area contributed by atoms with E-state index in [-0.39, 0.29) is 0 Å². The minimum absolute atomic E-state index is 0.745. The summed E-state index contributed by atoms with van der Waals surface area (Å²) in [6, 6.07) is 64.5. The minimum atomic E-state index is 0.745. The first-order valence-corrected chi connectivity index (χ1v) is 17.6. The fraction of sp³-hybridized carbons (Fsp3) is 0. The molecule has 1 heterocycles. The lowest BCUT2D eigenvalue weighted by Crippen LogP contribution is -2.21. The highest BCUT2D eigenvalue weighted by Gasteiger charge is 2.15. The smallest absolute Gasteiger partial charge is 0.142 e. The molecule has 9 rings (SSSR count). The summed E-state index contributed by atoms with van der Waals surface area (Å²) in [6.07, 6.45) is 1.86. The average molecular weight is 666 g/mol. The Labute approximate surface area is 303 Å². The summed E-state index contributed by atoms with van der Waals surface area (Å²) in [7, 11) is 0. The quantitative estimate of drug-likeness (QED) is 0.158. The molecular weight excluding hydrogens is 631 g/mol. The highest BCUT2D eigenvalue weighted by atomic mass is 16.3. The van der Waals surface area contributed by atoms with Crippen LogP contribution in [-0.4, -0.2) is 0 Å². The molecule has 0 unspecified atom stereocenters. The van der Waals surface area contributed by atoms with Crippen LogP contribution in [0.4, 0.5) is 17.1 Å². The van der Waals surface area contributed by atoms with Crippen molar-refractivity contribution < 1.29 is 4.42 Å². The number of allylic oxidation sites excluding steroid dienone is 1. The first kappa shape index (κ1) is 31.1. The lowest BCUT2D eigenvalue weighted by atomic mass is 9.97. The summed E-state index contributed by atoms with van der Waals surface area (Å²) in [6.45, 7) is 8.48. The highest BCUT2D eigenvalue weighted by molar-refractivity contribution is 6.08. The van der Waals surface area contributed by atoms with Crippen LogP contribution in [-0.2, 0) is 0 Å². The molecule has 0 aliphatic heterocycles. The highest BCUT2D eigenvalue weighted by Crippen LogP contribution is 2.38. The molecule has 0 N–H and O–H groups in total. The molecule has 0 spiro atoms. The molecular formula is C50H35NO. The van der Waals surface area contributed by atoms with Crippen molar-refractivity contribution in [1.29, 1.82) is 0 Å². The first-order valence-electron chi connectivity index (χ1n) is 17.6. The van der Waals surface area contributed by atoms with Gasteiger partial charge >= 0.3 is 0 Å². The van der Waals surface area contributed by atoms with E-state index >= 15 is 0 Å². The predicted molar refractivity (Wildman–Crippen MR) is 221 cm³/mol. The molecule has 0 bridgehead atoms. The lowest BCUT2D eigenvalue weighted by Gasteiger charge is -2.26. The van der Waals surface area contributed by atoms with Crippen LogP contribution < -0.4 is 15.5 Å². The van der Waals surface area contributed by atoms with Crippen LogP contribution in [0.15, 0.2) is 199 Å². The summed E-state index contributed by atoms with van der Waals surface area (Å²) in [5.74, 6) is 0. The summed E-state index contributed by atoms with van der Waals surface area (Å²) in [5, 5.41) is 6.94. The van der Waals surface area contributed by atoms with E-state index in [0.717, 1.165) is 49.8 Å². The molecule has 0 saturated carbocycles. The van der Waals surface area contributed by atoms with Gasteiger partial charge in [0, 0.05) is 33.2 Å². The van der Waals surface area contributed by atoms with E-state index in [2.05, 4.69) is 170 Å². The van der Waals surface area contributed by atoms with Crippen molar-refractivity contribution in [2.45, 2.75) is 0 Å². The summed E-state index contributed by atoms with van der Waals surface area (Å²) >= 11 is 0. The van der Waals surface area contributed by atoms with E-state index in [4.69, 9.17) is 4.42 Å². The Morgan fingerprint density at radius 1 is 0.462 bits per heavy atom. The number of furan rings is 1. The van der Waals surface area contributed by atoms with Gasteiger partial charge < -0.3 is 9.32 Å². The molecule has 0 fully saturated rings. The van der Waals surface area contributed by atoms with Crippen molar-refractivity contribution in [2.75, 3.05) is 4.90 Å². The number of fused-ring (bicyclic) bond motifs is 4. The van der Waals surface area contributed by atoms with Gasteiger partial charge in [-0.1, -0.05) is 153 Å². The Morgan fingerprint density at radius 3 is 1.65 bits per heavy atom. The van der Waals surface area contributed by atoms with Gasteiger partial charge in [0.05, 0.1) is 0 Å². The Bertz CT molecular complexity index is 2850. The molecule has 8 aromatic carbocycles. The van der Waals surface area contributed by atoms with E-state index in [1.807, 2.05) is 36.4 Å². The van der Waals surface area contributed by atoms with Gasteiger partial charge in [0.15, 0.2) is 0 Å². The van der Waals surface area contributed by atoms with E-state index in [9.17, 15) is 0 Å². The van der Waals surface area contributed by atoms with Gasteiger partial charge in [-0.05, 0) is 97.9 Å². The molecule has 0 saturated heterocycles. The minimum Gasteiger partial charge on any atom is -0.455 e. The number of rotatable bonds is 7. The lowest BCUT2D eigenvalue weighted by molar-refractivity contribution is 0.573. The van der Waals surface area contributed by atoms with Gasteiger partial charge in [-0.3, -0.25) is 0 Å². The van der Waals surface area contributed by atoms with E-state index < -0.39 is 0 Å². The van der Waals surface area contributed by atoms with Crippen molar-refractivity contribution in [3.8, 4) is 22.3 Å². The molecule has 2 heteroatoms. The third kappa shape index (κ3) is 5.57. The van der Waals surface area contributed by atoms with Crippen LogP contribution >= 0.6 is 0 Å². The van der Waals surface area contributed by atoms with Crippen LogP contribution in [0.2, 0.25) is 0 Å². The Kier molecular flexibility index (Phi) is 7.83. The molecule has 9 aromatic rings. The van der Waals surface area contributed by atoms with Crippen LogP contribution in [0.3, 0.4) is 0 Å². The summed E-state index contributed by atoms with van der Waals surface area (Å²) in [4.78, 5) is 2.30. The molecule has 0 amide bonds. The number of hydrogen-bond donors (Lipinski definition) is 0. The van der Waals surface area contributed by atoms with Gasteiger partial charge in [-0.15, -0.1) is 0 Å². The second kappa shape index (κ2) is 13.1. The largest absolute Gasteiger partial charge is 0.455 e. The number of anilines is 3. The summed E-state index contributed by atoms with van der Waals surface area (Å²) in [5.41, 5.74) is 11.4. The van der Waals surface area contributed by atoms with Crippen LogP contribution in [0.1, 0.15) is 5.56 Å². The first-order chi connectivity index (χ1) is 25.6. The standard InChI is InChI=1S/C50H35NO/c1-3-45(50-34(2)46-14-9-10-16-49(46)52-50)39-23-30-44(31-24-39)51(42-26-19-36(20-27-42)35-11-5-4-6-12-35)43-28-21-37(22-29-43)40-25-32-48-41(33-40)18-17-38-13-7-8-15-47(38)48/h3-33H,1-2H2/b50-45-. The second-order valence-corrected chi connectivity index (χ2v) is 13.1. The Balaban J connectivity index is 1.11. The zero-order valence-electron chi connectivity index (χ0n) is 28.7. The van der Waals surface area contributed by atoms with E-state index in [1.165, 1.54) is 43.8 Å². The molecule has 52 heavy (non-hydrogen) atoms. The molecule has 0 aliphatic carbocycles. The maximum atomic E-state index is 6.28. The fourth-order valence-electron chi connectivity index (χ4n) is 7.32. The maximum absolute atomic E-state index is 6.28. The topological polar surface area (TPSA) is 16.4 Å². The maximum Gasteiger partial charge on any atom is 0.142 e. The van der Waals surface area contributed by atoms with Gasteiger partial charge in [-0.25, -0.2) is 0 Å². The molecule has 1 aromatic heterocycles. The van der Waals surface area contributed by atoms with Crippen molar-refractivity contribution in [3.05, 3.63) is 211 Å². The van der Waals surface area contributed by atoms with Crippen molar-refractivity contribution >= 4 is 61.7 Å². The zero-order valence-corrected chi connectivity index (χ0v) is 28.7. The fourth-order valence-corrected chi connectivity index (χ4v) is 7.32. The molecule has 0 atom stereocenters. The van der Waals surface area contributed by atoms with Crippen molar-refractivity contribution in [1.82, 2.24) is 0 Å². The number of hydrogen-bond acceptors (Lipinski definition) is 2. The SMILES string of the molecule is C=C/C(c1ccc(N(c2ccc(-c3ccccc3)cc2)c2ccc(-c3ccc4c(ccc5ccccc54)c3)cc2)cc1)=c1/oc2ccccc2c1=C. The van der Waals surface area contributed by atoms with E-state index in [0.29, 0.717) is 0 Å². The third-order valence-electron chi connectivity index (χ3n) is 10.0. The van der Waals surface area contributed by atoms with Crippen LogP contribution in [0, 0.1) is 0 Å². The Hall–Kier alpha value is -6.90. The van der Waals surface area contributed by atoms with Gasteiger partial charge in [0.1, 0.15) is 11.0 Å². The average Bonchev–Trinajstić information content (AvgIpc) is 3.55. The number of nitrogens with zero attached hydrogens (tertiary/aromatic N) is 1. The van der Waals surface area contributed by atoms with Crippen LogP contribution in [0.5, 0.6) is 0 Å². The van der Waals surface area contributed by atoms with E-state index in [1.54, 1.807) is 0 Å². The van der Waals surface area contributed by atoms with Gasteiger partial charge in [-0.2, -0.15) is 0 Å². The van der Waals surface area contributed by atoms with Crippen LogP contribution in [0.25, 0.3) is 66.9 Å². The molecule has 246 valence electrons. The number of para-hydroxylation sites is 1. The molecule has 0 aliphatic rings. The third-order valence-corrected chi connectivity index (χ3v) is 10.0. The van der Waals surface area contributed by atoms with Crippen molar-refractivity contribution in [3.63, 3.8) is 0 Å². The monoisotopic (exact) mass is 665 g/mol.